The first-order valence-electron chi connectivity index (χ1n) is 18.6. The number of nitrogens with one attached hydrogen (secondary N) is 1. The normalized spacial score (nSPS) is 17.0. The average Bonchev–Trinajstić information content (AvgIpc) is 3.74. The van der Waals surface area contributed by atoms with Gasteiger partial charge in [0.25, 0.3) is 0 Å². The Morgan fingerprint density at radius 1 is 0.457 bits per heavy atom. The number of carbonyl (C=O) groups is 2. The van der Waals surface area contributed by atoms with Gasteiger partial charge in [0.05, 0.1) is 6.20 Å². The van der Waals surface area contributed by atoms with Crippen LogP contribution in [0.2, 0.25) is 0 Å². The molecule has 0 fully saturated rings. The summed E-state index contributed by atoms with van der Waals surface area (Å²) in [6.45, 7) is 35.2. The van der Waals surface area contributed by atoms with E-state index in [0.717, 1.165) is 48.7 Å². The summed E-state index contributed by atoms with van der Waals surface area (Å²) in [6, 6.07) is 0. The molecule has 1 aromatic heterocycles. The highest BCUT2D eigenvalue weighted by Gasteiger charge is 2.27. The highest BCUT2D eigenvalue weighted by Crippen LogP contribution is 2.36. The molecule has 3 aliphatic rings. The number of hydrogen-bond donors (Lipinski definition) is 1. The van der Waals surface area contributed by atoms with E-state index >= 15 is 0 Å². The number of carbonyl (C=O) groups excluding carboxylic acids is 2. The minimum Gasteiger partial charge on any atom is -0.295 e. The standard InChI is InChI=1S/2C11H18O.C11H20.C9H16N2/c2*1-7(2)9-5-6-10(12)11(9)8(3)4;1-8(2)10-6-5-7-11(10)9(3)4;1-6(2)8-5-10-11-9(8)7(3)4/h2*7-8H,5-6H2,1-4H3;8-9H,5-7H2,1-4H3;5-7H,1-4H3,(H,10,11). The molecule has 0 aromatic carbocycles. The molecule has 1 N–H and O–H groups in total. The third-order valence-corrected chi connectivity index (χ3v) is 9.68. The minimum absolute atomic E-state index is 0.383. The number of Topliss-reactive ketones (excluding diaryl/α,β-unsaturated/α-hetero) is 2. The molecular formula is C42H72N2O2. The lowest BCUT2D eigenvalue weighted by Crippen LogP contribution is -2.05. The molecule has 0 saturated heterocycles. The summed E-state index contributed by atoms with van der Waals surface area (Å²) in [7, 11) is 0. The van der Waals surface area contributed by atoms with Crippen LogP contribution >= 0.6 is 0 Å². The summed E-state index contributed by atoms with van der Waals surface area (Å²) >= 11 is 0. The number of nitrogens with zero attached hydrogens (tertiary/aromatic N) is 1. The third-order valence-electron chi connectivity index (χ3n) is 9.68. The maximum Gasteiger partial charge on any atom is 0.159 e. The van der Waals surface area contributed by atoms with Gasteiger partial charge in [-0.25, -0.2) is 0 Å². The van der Waals surface area contributed by atoms with E-state index in [0.29, 0.717) is 47.1 Å². The minimum atomic E-state index is 0.383. The Bertz CT molecular complexity index is 1120. The zero-order chi connectivity index (χ0) is 35.5. The van der Waals surface area contributed by atoms with E-state index in [1.165, 1.54) is 41.7 Å². The molecule has 4 nitrogen and oxygen atoms in total. The second-order valence-corrected chi connectivity index (χ2v) is 16.1. The molecule has 0 spiro atoms. The SMILES string of the molecule is CC(C)C1=C(C(C)C)C(=O)CC1.CC(C)C1=C(C(C)C)C(=O)CC1.CC(C)C1=C(C(C)C)CCC1.CC(C)c1cn[nH]c1C(C)C. The fourth-order valence-corrected chi connectivity index (χ4v) is 7.32. The highest BCUT2D eigenvalue weighted by atomic mass is 16.1. The van der Waals surface area contributed by atoms with Crippen molar-refractivity contribution in [1.82, 2.24) is 10.2 Å². The molecule has 4 heteroatoms. The van der Waals surface area contributed by atoms with Crippen molar-refractivity contribution in [3.05, 3.63) is 50.9 Å². The van der Waals surface area contributed by atoms with Crippen molar-refractivity contribution >= 4 is 11.6 Å². The van der Waals surface area contributed by atoms with Gasteiger partial charge >= 0.3 is 0 Å². The molecule has 1 aromatic rings. The molecule has 0 saturated carbocycles. The van der Waals surface area contributed by atoms with Crippen molar-refractivity contribution in [2.75, 3.05) is 0 Å². The first-order chi connectivity index (χ1) is 21.3. The maximum absolute atomic E-state index is 11.5. The topological polar surface area (TPSA) is 62.8 Å². The summed E-state index contributed by atoms with van der Waals surface area (Å²) in [4.78, 5) is 22.9. The molecule has 1 heterocycles. The Labute approximate surface area is 284 Å². The lowest BCUT2D eigenvalue weighted by Gasteiger charge is -2.13. The molecule has 4 rings (SSSR count). The average molecular weight is 637 g/mol. The maximum atomic E-state index is 11.5. The van der Waals surface area contributed by atoms with Gasteiger partial charge < -0.3 is 0 Å². The lowest BCUT2D eigenvalue weighted by molar-refractivity contribution is -0.116. The van der Waals surface area contributed by atoms with E-state index in [2.05, 4.69) is 121 Å². The smallest absolute Gasteiger partial charge is 0.159 e. The van der Waals surface area contributed by atoms with Crippen LogP contribution in [0.1, 0.15) is 179 Å². The number of ketones is 2. The van der Waals surface area contributed by atoms with Gasteiger partial charge in [0.2, 0.25) is 0 Å². The number of H-pyrrole nitrogens is 1. The van der Waals surface area contributed by atoms with Gasteiger partial charge in [0.1, 0.15) is 0 Å². The summed E-state index contributed by atoms with van der Waals surface area (Å²) in [5.74, 6) is 5.39. The predicted octanol–water partition coefficient (Wildman–Crippen LogP) is 12.4. The molecule has 0 amide bonds. The number of aromatic nitrogens is 2. The largest absolute Gasteiger partial charge is 0.295 e. The van der Waals surface area contributed by atoms with E-state index in [-0.39, 0.29) is 0 Å². The Kier molecular flexibility index (Phi) is 17.8. The Balaban J connectivity index is 0.000000307. The van der Waals surface area contributed by atoms with Crippen molar-refractivity contribution in [2.24, 2.45) is 35.5 Å². The van der Waals surface area contributed by atoms with Crippen molar-refractivity contribution in [3.63, 3.8) is 0 Å². The quantitative estimate of drug-likeness (QED) is 0.289. The van der Waals surface area contributed by atoms with Gasteiger partial charge in [0.15, 0.2) is 11.6 Å². The van der Waals surface area contributed by atoms with Gasteiger partial charge in [-0.2, -0.15) is 5.10 Å². The van der Waals surface area contributed by atoms with Crippen LogP contribution in [-0.2, 0) is 9.59 Å². The van der Waals surface area contributed by atoms with Crippen molar-refractivity contribution in [1.29, 1.82) is 0 Å². The Morgan fingerprint density at radius 2 is 0.826 bits per heavy atom. The molecule has 0 bridgehead atoms. The molecule has 0 atom stereocenters. The van der Waals surface area contributed by atoms with Crippen molar-refractivity contribution < 1.29 is 9.59 Å². The summed E-state index contributed by atoms with van der Waals surface area (Å²) in [5, 5.41) is 7.08. The second-order valence-electron chi connectivity index (χ2n) is 16.1. The molecule has 0 unspecified atom stereocenters. The van der Waals surface area contributed by atoms with Crippen LogP contribution in [0, 0.1) is 35.5 Å². The van der Waals surface area contributed by atoms with Crippen LogP contribution in [0.5, 0.6) is 0 Å². The molecule has 0 aliphatic heterocycles. The van der Waals surface area contributed by atoms with E-state index < -0.39 is 0 Å². The van der Waals surface area contributed by atoms with Gasteiger partial charge in [0, 0.05) is 18.5 Å². The van der Waals surface area contributed by atoms with E-state index in [9.17, 15) is 9.59 Å². The predicted molar refractivity (Wildman–Crippen MR) is 199 cm³/mol. The van der Waals surface area contributed by atoms with Crippen LogP contribution in [-0.4, -0.2) is 21.8 Å². The summed E-state index contributed by atoms with van der Waals surface area (Å²) in [5.41, 5.74) is 11.2. The van der Waals surface area contributed by atoms with E-state index in [4.69, 9.17) is 0 Å². The highest BCUT2D eigenvalue weighted by molar-refractivity contribution is 5.99. The monoisotopic (exact) mass is 637 g/mol. The van der Waals surface area contributed by atoms with Gasteiger partial charge in [-0.1, -0.05) is 133 Å². The van der Waals surface area contributed by atoms with Crippen molar-refractivity contribution in [3.8, 4) is 0 Å². The van der Waals surface area contributed by atoms with Crippen LogP contribution in [0.15, 0.2) is 39.6 Å². The van der Waals surface area contributed by atoms with E-state index in [1.807, 2.05) is 6.20 Å². The molecular weight excluding hydrogens is 564 g/mol. The number of allylic oxidation sites excluding steroid dienone is 6. The van der Waals surface area contributed by atoms with Gasteiger partial charge in [-0.15, -0.1) is 0 Å². The van der Waals surface area contributed by atoms with Crippen LogP contribution in [0.4, 0.5) is 0 Å². The van der Waals surface area contributed by atoms with Crippen LogP contribution in [0.3, 0.4) is 0 Å². The third kappa shape index (κ3) is 12.1. The first kappa shape index (κ1) is 41.8. The molecule has 3 aliphatic carbocycles. The lowest BCUT2D eigenvalue weighted by atomic mass is 9.93. The van der Waals surface area contributed by atoms with Crippen LogP contribution < -0.4 is 0 Å². The van der Waals surface area contributed by atoms with E-state index in [1.54, 1.807) is 11.1 Å². The Morgan fingerprint density at radius 3 is 1.07 bits per heavy atom. The fraction of sp³-hybridized carbons (Fsp3) is 0.738. The summed E-state index contributed by atoms with van der Waals surface area (Å²) < 4.78 is 0. The molecule has 262 valence electrons. The van der Waals surface area contributed by atoms with Crippen molar-refractivity contribution in [2.45, 2.75) is 168 Å². The zero-order valence-electron chi connectivity index (χ0n) is 32.9. The first-order valence-corrected chi connectivity index (χ1v) is 18.6. The van der Waals surface area contributed by atoms with Gasteiger partial charge in [-0.05, 0) is 96.2 Å². The summed E-state index contributed by atoms with van der Waals surface area (Å²) in [6.07, 6.45) is 9.58. The van der Waals surface area contributed by atoms with Gasteiger partial charge in [-0.3, -0.25) is 14.7 Å². The zero-order valence-corrected chi connectivity index (χ0v) is 32.9. The number of rotatable bonds is 8. The Hall–Kier alpha value is -2.23. The molecule has 46 heavy (non-hydrogen) atoms. The second kappa shape index (κ2) is 19.6. The molecule has 0 radical (unpaired) electrons. The van der Waals surface area contributed by atoms with Crippen LogP contribution in [0.25, 0.3) is 0 Å². The number of hydrogen-bond acceptors (Lipinski definition) is 3. The number of aromatic amines is 1. The fourth-order valence-electron chi connectivity index (χ4n) is 7.32.